The highest BCUT2D eigenvalue weighted by Gasteiger charge is 2.25. The Labute approximate surface area is 133 Å². The number of thiophene rings is 1. The van der Waals surface area contributed by atoms with Gasteiger partial charge in [-0.2, -0.15) is 0 Å². The maximum absolute atomic E-state index is 12.6. The number of sulfonamides is 1. The normalized spacial score (nSPS) is 13.5. The van der Waals surface area contributed by atoms with E-state index in [1.54, 1.807) is 20.0 Å². The van der Waals surface area contributed by atoms with Gasteiger partial charge in [-0.25, -0.2) is 18.1 Å². The number of aromatic nitrogens is 1. The molecule has 2 heterocycles. The van der Waals surface area contributed by atoms with Crippen LogP contribution >= 0.6 is 22.7 Å². The highest BCUT2D eigenvalue weighted by molar-refractivity contribution is 7.89. The van der Waals surface area contributed by atoms with Crippen LogP contribution in [0.4, 0.5) is 0 Å². The van der Waals surface area contributed by atoms with Crippen LogP contribution in [-0.4, -0.2) is 13.4 Å². The molecule has 2 aromatic heterocycles. The molecule has 0 aliphatic heterocycles. The van der Waals surface area contributed by atoms with Crippen molar-refractivity contribution in [3.05, 3.63) is 31.9 Å². The van der Waals surface area contributed by atoms with Crippen molar-refractivity contribution >= 4 is 32.7 Å². The van der Waals surface area contributed by atoms with Gasteiger partial charge in [0.05, 0.1) is 6.04 Å². The smallest absolute Gasteiger partial charge is 0.242 e. The number of nitrogens with one attached hydrogen (secondary N) is 1. The van der Waals surface area contributed by atoms with Gasteiger partial charge in [0.25, 0.3) is 0 Å². The van der Waals surface area contributed by atoms with Gasteiger partial charge in [-0.1, -0.05) is 6.92 Å². The van der Waals surface area contributed by atoms with E-state index in [1.807, 2.05) is 12.3 Å². The molecule has 0 aliphatic rings. The van der Waals surface area contributed by atoms with Crippen LogP contribution in [0.1, 0.15) is 40.2 Å². The second-order valence-corrected chi connectivity index (χ2v) is 8.50. The van der Waals surface area contributed by atoms with Crippen LogP contribution in [0.15, 0.2) is 16.5 Å². The summed E-state index contributed by atoms with van der Waals surface area (Å²) in [5.41, 5.74) is 6.36. The molecule has 5 nitrogen and oxygen atoms in total. The summed E-state index contributed by atoms with van der Waals surface area (Å²) in [6, 6.07) is -0.356. The van der Waals surface area contributed by atoms with E-state index in [-0.39, 0.29) is 12.6 Å². The quantitative estimate of drug-likeness (QED) is 0.842. The molecule has 1 atom stereocenters. The van der Waals surface area contributed by atoms with Gasteiger partial charge in [0, 0.05) is 22.5 Å². The first-order valence-electron chi connectivity index (χ1n) is 6.63. The molecule has 0 radical (unpaired) electrons. The van der Waals surface area contributed by atoms with Crippen molar-refractivity contribution in [1.82, 2.24) is 9.71 Å². The molecule has 1 unspecified atom stereocenters. The van der Waals surface area contributed by atoms with Gasteiger partial charge in [-0.15, -0.1) is 22.7 Å². The molecule has 0 saturated carbocycles. The first-order valence-corrected chi connectivity index (χ1v) is 9.81. The Balaban J connectivity index is 2.26. The van der Waals surface area contributed by atoms with Crippen molar-refractivity contribution in [2.24, 2.45) is 5.73 Å². The summed E-state index contributed by atoms with van der Waals surface area (Å²) < 4.78 is 27.8. The molecule has 0 aliphatic carbocycles. The number of nitrogens with two attached hydrogens (primary N) is 1. The van der Waals surface area contributed by atoms with Gasteiger partial charge < -0.3 is 5.73 Å². The molecule has 0 fully saturated rings. The molecule has 2 rings (SSSR count). The van der Waals surface area contributed by atoms with E-state index in [2.05, 4.69) is 9.71 Å². The molecule has 3 N–H and O–H groups in total. The summed E-state index contributed by atoms with van der Waals surface area (Å²) in [5, 5.41) is 2.60. The van der Waals surface area contributed by atoms with Crippen LogP contribution in [0.2, 0.25) is 0 Å². The van der Waals surface area contributed by atoms with Crippen LogP contribution in [0.5, 0.6) is 0 Å². The van der Waals surface area contributed by atoms with Crippen LogP contribution in [-0.2, 0) is 23.0 Å². The zero-order valence-corrected chi connectivity index (χ0v) is 14.7. The zero-order valence-electron chi connectivity index (χ0n) is 12.2. The van der Waals surface area contributed by atoms with E-state index in [9.17, 15) is 8.42 Å². The van der Waals surface area contributed by atoms with E-state index in [4.69, 9.17) is 5.73 Å². The largest absolute Gasteiger partial charge is 0.326 e. The van der Waals surface area contributed by atoms with E-state index in [1.165, 1.54) is 22.7 Å². The number of thiazole rings is 1. The summed E-state index contributed by atoms with van der Waals surface area (Å²) in [4.78, 5) is 6.43. The maximum atomic E-state index is 12.6. The first kappa shape index (κ1) is 16.6. The average molecular weight is 346 g/mol. The number of rotatable bonds is 6. The molecule has 2 aromatic rings. The fraction of sp³-hybridized carbons (Fsp3) is 0.462. The Kier molecular flexibility index (Phi) is 5.15. The van der Waals surface area contributed by atoms with E-state index >= 15 is 0 Å². The topological polar surface area (TPSA) is 85.1 Å². The van der Waals surface area contributed by atoms with Crippen LogP contribution in [0, 0.1) is 6.92 Å². The molecule has 0 saturated heterocycles. The number of nitrogens with zero attached hydrogens (tertiary/aromatic N) is 1. The molecule has 21 heavy (non-hydrogen) atoms. The number of hydrogen-bond acceptors (Lipinski definition) is 6. The Morgan fingerprint density at radius 1 is 1.48 bits per heavy atom. The minimum Gasteiger partial charge on any atom is -0.326 e. The van der Waals surface area contributed by atoms with E-state index in [0.717, 1.165) is 21.9 Å². The summed E-state index contributed by atoms with van der Waals surface area (Å²) in [7, 11) is -3.59. The highest BCUT2D eigenvalue weighted by Crippen LogP contribution is 2.28. The number of hydrogen-bond donors (Lipinski definition) is 2. The number of aryl methyl sites for hydroxylation is 2. The molecule has 8 heteroatoms. The van der Waals surface area contributed by atoms with Gasteiger partial charge in [0.2, 0.25) is 10.0 Å². The lowest BCUT2D eigenvalue weighted by molar-refractivity contribution is 0.565. The maximum Gasteiger partial charge on any atom is 0.242 e. The molecular formula is C13H19N3O2S3. The molecule has 116 valence electrons. The minimum atomic E-state index is -3.59. The average Bonchev–Trinajstić information content (AvgIpc) is 3.04. The third-order valence-corrected chi connectivity index (χ3v) is 7.42. The standard InChI is InChI=1S/C13H19N3O2S3/c1-4-10-6-15-13(20-10)9(3)16-21(17,18)12-8(2)7-19-11(12)5-14/h6-7,9,16H,4-5,14H2,1-3H3. The van der Waals surface area contributed by atoms with Gasteiger partial charge in [-0.05, 0) is 31.2 Å². The Hall–Kier alpha value is -0.800. The van der Waals surface area contributed by atoms with Gasteiger partial charge in [0.1, 0.15) is 9.90 Å². The fourth-order valence-electron chi connectivity index (χ4n) is 2.02. The summed E-state index contributed by atoms with van der Waals surface area (Å²) in [5.74, 6) is 0. The van der Waals surface area contributed by atoms with Gasteiger partial charge >= 0.3 is 0 Å². The molecular weight excluding hydrogens is 326 g/mol. The van der Waals surface area contributed by atoms with Crippen molar-refractivity contribution in [2.75, 3.05) is 0 Å². The highest BCUT2D eigenvalue weighted by atomic mass is 32.2. The van der Waals surface area contributed by atoms with Gasteiger partial charge in [-0.3, -0.25) is 0 Å². The third-order valence-electron chi connectivity index (χ3n) is 3.07. The van der Waals surface area contributed by atoms with E-state index < -0.39 is 10.0 Å². The van der Waals surface area contributed by atoms with Crippen LogP contribution < -0.4 is 10.5 Å². The third kappa shape index (κ3) is 3.51. The van der Waals surface area contributed by atoms with Crippen LogP contribution in [0.25, 0.3) is 0 Å². The van der Waals surface area contributed by atoms with Crippen LogP contribution in [0.3, 0.4) is 0 Å². The van der Waals surface area contributed by atoms with Crippen molar-refractivity contribution < 1.29 is 8.42 Å². The lowest BCUT2D eigenvalue weighted by Crippen LogP contribution is -2.28. The van der Waals surface area contributed by atoms with Gasteiger partial charge in [0.15, 0.2) is 0 Å². The molecule has 0 spiro atoms. The molecule has 0 amide bonds. The molecule has 0 bridgehead atoms. The van der Waals surface area contributed by atoms with Crippen molar-refractivity contribution in [1.29, 1.82) is 0 Å². The summed E-state index contributed by atoms with van der Waals surface area (Å²) >= 11 is 2.91. The summed E-state index contributed by atoms with van der Waals surface area (Å²) in [6.07, 6.45) is 2.70. The predicted octanol–water partition coefficient (Wildman–Crippen LogP) is 2.57. The van der Waals surface area contributed by atoms with Crippen molar-refractivity contribution in [2.45, 2.75) is 44.7 Å². The molecule has 0 aromatic carbocycles. The fourth-order valence-corrected chi connectivity index (χ4v) is 5.86. The van der Waals surface area contributed by atoms with Crippen molar-refractivity contribution in [3.8, 4) is 0 Å². The lowest BCUT2D eigenvalue weighted by atomic mass is 10.3. The predicted molar refractivity (Wildman–Crippen MR) is 87.2 cm³/mol. The second-order valence-electron chi connectivity index (χ2n) is 4.74. The second kappa shape index (κ2) is 6.53. The first-order chi connectivity index (χ1) is 9.89. The monoisotopic (exact) mass is 345 g/mol. The Morgan fingerprint density at radius 2 is 2.19 bits per heavy atom. The zero-order chi connectivity index (χ0) is 15.6. The summed E-state index contributed by atoms with van der Waals surface area (Å²) in [6.45, 7) is 5.86. The minimum absolute atomic E-state index is 0.223. The lowest BCUT2D eigenvalue weighted by Gasteiger charge is -2.13. The Morgan fingerprint density at radius 3 is 2.76 bits per heavy atom. The van der Waals surface area contributed by atoms with E-state index in [0.29, 0.717) is 9.77 Å². The Bertz CT molecular complexity index is 719. The SMILES string of the molecule is CCc1cnc(C(C)NS(=O)(=O)c2c(C)csc2CN)s1. The van der Waals surface area contributed by atoms with Crippen molar-refractivity contribution in [3.63, 3.8) is 0 Å².